The lowest BCUT2D eigenvalue weighted by atomic mass is 10.2. The van der Waals surface area contributed by atoms with E-state index in [1.54, 1.807) is 67.6 Å². The van der Waals surface area contributed by atoms with Gasteiger partial charge >= 0.3 is 11.8 Å². The van der Waals surface area contributed by atoms with Crippen LogP contribution < -0.4 is 15.5 Å². The second kappa shape index (κ2) is 11.0. The third-order valence-corrected chi connectivity index (χ3v) is 5.37. The van der Waals surface area contributed by atoms with Crippen molar-refractivity contribution in [2.24, 2.45) is 5.10 Å². The first-order valence-corrected chi connectivity index (χ1v) is 10.5. The van der Waals surface area contributed by atoms with Crippen molar-refractivity contribution in [3.63, 3.8) is 0 Å². The molecule has 0 spiro atoms. The fraction of sp³-hybridized carbons (Fsp3) is 0.0870. The molecule has 0 bridgehead atoms. The summed E-state index contributed by atoms with van der Waals surface area (Å²) in [4.78, 5) is 24.1. The number of halogens is 3. The summed E-state index contributed by atoms with van der Waals surface area (Å²) in [6, 6.07) is 17.3. The summed E-state index contributed by atoms with van der Waals surface area (Å²) in [5.74, 6) is -1.18. The average Bonchev–Trinajstić information content (AvgIpc) is 2.76. The van der Waals surface area contributed by atoms with Gasteiger partial charge in [-0.3, -0.25) is 9.59 Å². The fourth-order valence-corrected chi connectivity index (χ4v) is 3.26. The van der Waals surface area contributed by atoms with Crippen LogP contribution in [0.15, 0.2) is 65.8 Å². The van der Waals surface area contributed by atoms with E-state index in [2.05, 4.69) is 15.8 Å². The Morgan fingerprint density at radius 2 is 1.75 bits per heavy atom. The number of nitrogens with zero attached hydrogens (tertiary/aromatic N) is 1. The Labute approximate surface area is 200 Å². The van der Waals surface area contributed by atoms with Gasteiger partial charge < -0.3 is 10.1 Å². The molecule has 0 radical (unpaired) electrons. The molecule has 0 aliphatic heterocycles. The highest BCUT2D eigenvalue weighted by molar-refractivity contribution is 6.40. The third kappa shape index (κ3) is 6.47. The van der Waals surface area contributed by atoms with Gasteiger partial charge in [-0.05, 0) is 54.4 Å². The molecule has 2 amide bonds. The minimum absolute atomic E-state index is 0.260. The lowest BCUT2D eigenvalue weighted by Gasteiger charge is -2.09. The number of benzene rings is 3. The van der Waals surface area contributed by atoms with Crippen LogP contribution in [0.25, 0.3) is 0 Å². The molecule has 2 N–H and O–H groups in total. The molecule has 164 valence electrons. The molecule has 3 rings (SSSR count). The van der Waals surface area contributed by atoms with Crippen LogP contribution in [0.1, 0.15) is 16.7 Å². The summed E-state index contributed by atoms with van der Waals surface area (Å²) < 4.78 is 5.75. The van der Waals surface area contributed by atoms with E-state index in [-0.39, 0.29) is 6.61 Å². The first kappa shape index (κ1) is 23.6. The SMILES string of the molecule is Cc1c(Cl)cccc1NC(=O)C(=O)NN=Cc1cccc(OCc2ccc(Cl)cc2Cl)c1. The molecule has 3 aromatic rings. The van der Waals surface area contributed by atoms with Gasteiger partial charge in [0.1, 0.15) is 12.4 Å². The number of carbonyl (C=O) groups is 2. The van der Waals surface area contributed by atoms with Gasteiger partial charge in [0.25, 0.3) is 0 Å². The number of ether oxygens (including phenoxy) is 1. The van der Waals surface area contributed by atoms with Gasteiger partial charge in [-0.1, -0.05) is 59.1 Å². The van der Waals surface area contributed by atoms with Crippen molar-refractivity contribution >= 4 is 58.5 Å². The number of hydrogen-bond acceptors (Lipinski definition) is 4. The highest BCUT2D eigenvalue weighted by Crippen LogP contribution is 2.24. The van der Waals surface area contributed by atoms with E-state index in [4.69, 9.17) is 39.5 Å². The number of amides is 2. The van der Waals surface area contributed by atoms with Gasteiger partial charge in [-0.2, -0.15) is 5.10 Å². The predicted molar refractivity (Wildman–Crippen MR) is 128 cm³/mol. The molecule has 0 saturated carbocycles. The molecule has 0 unspecified atom stereocenters. The molecule has 6 nitrogen and oxygen atoms in total. The number of hydrogen-bond donors (Lipinski definition) is 2. The first-order chi connectivity index (χ1) is 15.3. The van der Waals surface area contributed by atoms with Crippen LogP contribution in [0.4, 0.5) is 5.69 Å². The summed E-state index contributed by atoms with van der Waals surface area (Å²) in [5, 5.41) is 7.88. The van der Waals surface area contributed by atoms with Gasteiger partial charge in [-0.25, -0.2) is 5.43 Å². The number of nitrogens with one attached hydrogen (secondary N) is 2. The molecule has 0 fully saturated rings. The molecule has 3 aromatic carbocycles. The highest BCUT2D eigenvalue weighted by atomic mass is 35.5. The zero-order chi connectivity index (χ0) is 23.1. The van der Waals surface area contributed by atoms with E-state index in [0.717, 1.165) is 5.56 Å². The second-order valence-electron chi connectivity index (χ2n) is 6.66. The Bertz CT molecular complexity index is 1180. The Morgan fingerprint density at radius 1 is 0.969 bits per heavy atom. The maximum atomic E-state index is 12.1. The van der Waals surface area contributed by atoms with Crippen molar-refractivity contribution in [3.05, 3.63) is 92.4 Å². The summed E-state index contributed by atoms with van der Waals surface area (Å²) >= 11 is 18.1. The number of carbonyl (C=O) groups excluding carboxylic acids is 2. The van der Waals surface area contributed by atoms with Gasteiger partial charge in [0.15, 0.2) is 0 Å². The number of rotatable bonds is 6. The second-order valence-corrected chi connectivity index (χ2v) is 7.91. The predicted octanol–water partition coefficient (Wildman–Crippen LogP) is 5.62. The van der Waals surface area contributed by atoms with Crippen LogP contribution in [0.5, 0.6) is 5.75 Å². The fourth-order valence-electron chi connectivity index (χ4n) is 2.62. The van der Waals surface area contributed by atoms with Gasteiger partial charge in [0.2, 0.25) is 0 Å². The zero-order valence-corrected chi connectivity index (χ0v) is 19.1. The highest BCUT2D eigenvalue weighted by Gasteiger charge is 2.14. The van der Waals surface area contributed by atoms with E-state index < -0.39 is 11.8 Å². The smallest absolute Gasteiger partial charge is 0.329 e. The standard InChI is InChI=1S/C23H18Cl3N3O3/c1-14-19(25)6-3-7-21(14)28-22(30)23(31)29-27-12-15-4-2-5-18(10-15)32-13-16-8-9-17(24)11-20(16)26/h2-12H,13H2,1H3,(H,28,30)(H,29,31). The average molecular weight is 491 g/mol. The van der Waals surface area contributed by atoms with E-state index in [1.807, 2.05) is 0 Å². The molecular weight excluding hydrogens is 473 g/mol. The third-order valence-electron chi connectivity index (χ3n) is 4.37. The van der Waals surface area contributed by atoms with E-state index >= 15 is 0 Å². The maximum absolute atomic E-state index is 12.1. The van der Waals surface area contributed by atoms with Crippen LogP contribution in [0.2, 0.25) is 15.1 Å². The number of hydrazone groups is 1. The van der Waals surface area contributed by atoms with Crippen LogP contribution in [-0.2, 0) is 16.2 Å². The zero-order valence-electron chi connectivity index (χ0n) is 16.9. The molecule has 0 aliphatic rings. The number of anilines is 1. The van der Waals surface area contributed by atoms with Crippen molar-refractivity contribution in [2.75, 3.05) is 5.32 Å². The monoisotopic (exact) mass is 489 g/mol. The molecule has 0 aromatic heterocycles. The van der Waals surface area contributed by atoms with Crippen molar-refractivity contribution in [1.82, 2.24) is 5.43 Å². The molecule has 0 aliphatic carbocycles. The molecule has 0 atom stereocenters. The minimum atomic E-state index is -0.912. The van der Waals surface area contributed by atoms with Crippen molar-refractivity contribution in [2.45, 2.75) is 13.5 Å². The topological polar surface area (TPSA) is 79.8 Å². The van der Waals surface area contributed by atoms with Crippen molar-refractivity contribution in [1.29, 1.82) is 0 Å². The van der Waals surface area contributed by atoms with Gasteiger partial charge in [0, 0.05) is 26.3 Å². The molecule has 32 heavy (non-hydrogen) atoms. The summed E-state index contributed by atoms with van der Waals surface area (Å²) in [7, 11) is 0. The van der Waals surface area contributed by atoms with E-state index in [9.17, 15) is 9.59 Å². The van der Waals surface area contributed by atoms with E-state index in [1.165, 1.54) is 6.21 Å². The molecule has 9 heteroatoms. The van der Waals surface area contributed by atoms with Gasteiger partial charge in [-0.15, -0.1) is 0 Å². The quantitative estimate of drug-likeness (QED) is 0.267. The largest absolute Gasteiger partial charge is 0.489 e. The lowest BCUT2D eigenvalue weighted by molar-refractivity contribution is -0.136. The Morgan fingerprint density at radius 3 is 2.53 bits per heavy atom. The molecule has 0 saturated heterocycles. The van der Waals surface area contributed by atoms with Crippen LogP contribution >= 0.6 is 34.8 Å². The van der Waals surface area contributed by atoms with Gasteiger partial charge in [0.05, 0.1) is 6.21 Å². The summed E-state index contributed by atoms with van der Waals surface area (Å²) in [5.41, 5.74) is 4.76. The lowest BCUT2D eigenvalue weighted by Crippen LogP contribution is -2.32. The normalized spacial score (nSPS) is 10.8. The summed E-state index contributed by atoms with van der Waals surface area (Å²) in [6.45, 7) is 2.00. The molecule has 0 heterocycles. The first-order valence-electron chi connectivity index (χ1n) is 9.40. The van der Waals surface area contributed by atoms with E-state index in [0.29, 0.717) is 37.6 Å². The summed E-state index contributed by atoms with van der Waals surface area (Å²) in [6.07, 6.45) is 1.40. The minimum Gasteiger partial charge on any atom is -0.489 e. The van der Waals surface area contributed by atoms with Crippen LogP contribution in [-0.4, -0.2) is 18.0 Å². The maximum Gasteiger partial charge on any atom is 0.329 e. The van der Waals surface area contributed by atoms with Crippen molar-refractivity contribution < 1.29 is 14.3 Å². The molecular formula is C23H18Cl3N3O3. The Kier molecular flexibility index (Phi) is 8.11. The Balaban J connectivity index is 1.55. The van der Waals surface area contributed by atoms with Crippen molar-refractivity contribution in [3.8, 4) is 5.75 Å². The van der Waals surface area contributed by atoms with Crippen LogP contribution in [0.3, 0.4) is 0 Å². The Hall–Kier alpha value is -3.06. The van der Waals surface area contributed by atoms with Crippen LogP contribution in [0, 0.1) is 6.92 Å².